The standard InChI is InChI=1S/C9H12N2O2/c1-2-8(10)6-3-4-11-5-7(6)9(12)13/h3-5,8H,2,10H2,1H3,(H,12,13)/t8-/m1/s1. The van der Waals surface area contributed by atoms with Crippen LogP contribution in [0, 0.1) is 0 Å². The van der Waals surface area contributed by atoms with Crippen LogP contribution in [0.4, 0.5) is 0 Å². The third-order valence-corrected chi connectivity index (χ3v) is 1.92. The van der Waals surface area contributed by atoms with Crippen LogP contribution in [-0.2, 0) is 0 Å². The normalized spacial score (nSPS) is 12.5. The lowest BCUT2D eigenvalue weighted by Gasteiger charge is -2.10. The number of aromatic nitrogens is 1. The zero-order chi connectivity index (χ0) is 9.84. The molecule has 1 atom stereocenters. The van der Waals surface area contributed by atoms with Crippen molar-refractivity contribution in [1.82, 2.24) is 4.98 Å². The number of aromatic carboxylic acids is 1. The average Bonchev–Trinajstić information content (AvgIpc) is 2.16. The molecule has 1 aromatic rings. The molecule has 0 aliphatic heterocycles. The third kappa shape index (κ3) is 2.03. The molecule has 0 radical (unpaired) electrons. The fourth-order valence-electron chi connectivity index (χ4n) is 1.13. The van der Waals surface area contributed by atoms with Crippen molar-refractivity contribution in [2.24, 2.45) is 5.73 Å². The number of hydrogen-bond donors (Lipinski definition) is 2. The summed E-state index contributed by atoms with van der Waals surface area (Å²) in [5.74, 6) is -0.980. The molecule has 0 unspecified atom stereocenters. The highest BCUT2D eigenvalue weighted by Crippen LogP contribution is 2.17. The lowest BCUT2D eigenvalue weighted by Crippen LogP contribution is -2.14. The minimum atomic E-state index is -0.980. The van der Waals surface area contributed by atoms with Crippen LogP contribution in [0.1, 0.15) is 35.3 Å². The molecule has 13 heavy (non-hydrogen) atoms. The Bertz CT molecular complexity index is 312. The second kappa shape index (κ2) is 4.00. The molecule has 3 N–H and O–H groups in total. The van der Waals surface area contributed by atoms with Crippen molar-refractivity contribution in [2.75, 3.05) is 0 Å². The van der Waals surface area contributed by atoms with Crippen LogP contribution in [0.15, 0.2) is 18.5 Å². The summed E-state index contributed by atoms with van der Waals surface area (Å²) in [6.07, 6.45) is 3.59. The molecule has 4 heteroatoms. The molecule has 0 saturated heterocycles. The SMILES string of the molecule is CC[C@@H](N)c1ccncc1C(=O)O. The van der Waals surface area contributed by atoms with E-state index < -0.39 is 5.97 Å². The minimum Gasteiger partial charge on any atom is -0.478 e. The summed E-state index contributed by atoms with van der Waals surface area (Å²) in [4.78, 5) is 14.5. The Morgan fingerprint density at radius 3 is 3.00 bits per heavy atom. The van der Waals surface area contributed by atoms with E-state index in [-0.39, 0.29) is 11.6 Å². The molecule has 0 aliphatic rings. The summed E-state index contributed by atoms with van der Waals surface area (Å²) in [5.41, 5.74) is 6.58. The summed E-state index contributed by atoms with van der Waals surface area (Å²) >= 11 is 0. The van der Waals surface area contributed by atoms with Crippen LogP contribution >= 0.6 is 0 Å². The zero-order valence-electron chi connectivity index (χ0n) is 7.40. The summed E-state index contributed by atoms with van der Waals surface area (Å²) in [6, 6.07) is 1.42. The van der Waals surface area contributed by atoms with E-state index in [1.807, 2.05) is 6.92 Å². The first-order chi connectivity index (χ1) is 6.16. The van der Waals surface area contributed by atoms with Crippen molar-refractivity contribution in [3.63, 3.8) is 0 Å². The molecule has 70 valence electrons. The van der Waals surface area contributed by atoms with Gasteiger partial charge in [-0.15, -0.1) is 0 Å². The van der Waals surface area contributed by atoms with Crippen molar-refractivity contribution >= 4 is 5.97 Å². The highest BCUT2D eigenvalue weighted by Gasteiger charge is 2.13. The Morgan fingerprint density at radius 1 is 1.77 bits per heavy atom. The molecule has 0 fully saturated rings. The third-order valence-electron chi connectivity index (χ3n) is 1.92. The molecule has 0 amide bonds. The van der Waals surface area contributed by atoms with Gasteiger partial charge in [-0.25, -0.2) is 4.79 Å². The monoisotopic (exact) mass is 180 g/mol. The quantitative estimate of drug-likeness (QED) is 0.732. The molecular formula is C9H12N2O2. The largest absolute Gasteiger partial charge is 0.478 e. The van der Waals surface area contributed by atoms with Crippen molar-refractivity contribution in [3.05, 3.63) is 29.6 Å². The van der Waals surface area contributed by atoms with Gasteiger partial charge in [0.05, 0.1) is 5.56 Å². The van der Waals surface area contributed by atoms with E-state index in [9.17, 15) is 4.79 Å². The number of nitrogens with zero attached hydrogens (tertiary/aromatic N) is 1. The van der Waals surface area contributed by atoms with Crippen LogP contribution in [0.3, 0.4) is 0 Å². The Balaban J connectivity index is 3.11. The Kier molecular flexibility index (Phi) is 2.97. The zero-order valence-corrected chi connectivity index (χ0v) is 7.40. The van der Waals surface area contributed by atoms with E-state index in [1.165, 1.54) is 6.20 Å². The van der Waals surface area contributed by atoms with Gasteiger partial charge in [-0.3, -0.25) is 4.98 Å². The van der Waals surface area contributed by atoms with E-state index in [2.05, 4.69) is 4.98 Å². The molecule has 0 saturated carbocycles. The maximum Gasteiger partial charge on any atom is 0.337 e. The highest BCUT2D eigenvalue weighted by molar-refractivity contribution is 5.89. The number of pyridine rings is 1. The molecular weight excluding hydrogens is 168 g/mol. The second-order valence-electron chi connectivity index (χ2n) is 2.78. The second-order valence-corrected chi connectivity index (χ2v) is 2.78. The molecule has 4 nitrogen and oxygen atoms in total. The average molecular weight is 180 g/mol. The topological polar surface area (TPSA) is 76.2 Å². The van der Waals surface area contributed by atoms with E-state index in [0.29, 0.717) is 12.0 Å². The first kappa shape index (κ1) is 9.67. The van der Waals surface area contributed by atoms with Crippen molar-refractivity contribution in [1.29, 1.82) is 0 Å². The maximum absolute atomic E-state index is 10.7. The van der Waals surface area contributed by atoms with Crippen LogP contribution in [0.2, 0.25) is 0 Å². The van der Waals surface area contributed by atoms with Gasteiger partial charge in [0.25, 0.3) is 0 Å². The van der Waals surface area contributed by atoms with Crippen LogP contribution in [-0.4, -0.2) is 16.1 Å². The summed E-state index contributed by atoms with van der Waals surface area (Å²) < 4.78 is 0. The Labute approximate surface area is 76.4 Å². The molecule has 1 heterocycles. The van der Waals surface area contributed by atoms with Crippen LogP contribution in [0.5, 0.6) is 0 Å². The predicted octanol–water partition coefficient (Wildman–Crippen LogP) is 1.19. The van der Waals surface area contributed by atoms with Gasteiger partial charge < -0.3 is 10.8 Å². The van der Waals surface area contributed by atoms with Gasteiger partial charge in [-0.2, -0.15) is 0 Å². The van der Waals surface area contributed by atoms with Crippen LogP contribution < -0.4 is 5.73 Å². The van der Waals surface area contributed by atoms with Gasteiger partial charge in [0, 0.05) is 18.4 Å². The van der Waals surface area contributed by atoms with Crippen molar-refractivity contribution < 1.29 is 9.90 Å². The first-order valence-corrected chi connectivity index (χ1v) is 4.09. The van der Waals surface area contributed by atoms with Crippen molar-refractivity contribution in [2.45, 2.75) is 19.4 Å². The van der Waals surface area contributed by atoms with Gasteiger partial charge in [-0.05, 0) is 18.1 Å². The number of carboxylic acid groups (broad SMARTS) is 1. The van der Waals surface area contributed by atoms with Gasteiger partial charge in [0.1, 0.15) is 0 Å². The highest BCUT2D eigenvalue weighted by atomic mass is 16.4. The number of carbonyl (C=O) groups is 1. The van der Waals surface area contributed by atoms with Gasteiger partial charge in [0.15, 0.2) is 0 Å². The minimum absolute atomic E-state index is 0.192. The van der Waals surface area contributed by atoms with Crippen LogP contribution in [0.25, 0.3) is 0 Å². The fraction of sp³-hybridized carbons (Fsp3) is 0.333. The number of hydrogen-bond acceptors (Lipinski definition) is 3. The first-order valence-electron chi connectivity index (χ1n) is 4.09. The van der Waals surface area contributed by atoms with Gasteiger partial charge in [-0.1, -0.05) is 6.92 Å². The lowest BCUT2D eigenvalue weighted by atomic mass is 10.0. The maximum atomic E-state index is 10.7. The molecule has 0 bridgehead atoms. The lowest BCUT2D eigenvalue weighted by molar-refractivity contribution is 0.0694. The summed E-state index contributed by atoms with van der Waals surface area (Å²) in [6.45, 7) is 1.91. The van der Waals surface area contributed by atoms with Gasteiger partial charge >= 0.3 is 5.97 Å². The fourth-order valence-corrected chi connectivity index (χ4v) is 1.13. The number of rotatable bonds is 3. The molecule has 1 rings (SSSR count). The van der Waals surface area contributed by atoms with E-state index in [0.717, 1.165) is 0 Å². The van der Waals surface area contributed by atoms with Crippen molar-refractivity contribution in [3.8, 4) is 0 Å². The Morgan fingerprint density at radius 2 is 2.46 bits per heavy atom. The molecule has 0 aliphatic carbocycles. The molecule has 0 aromatic carbocycles. The van der Waals surface area contributed by atoms with E-state index >= 15 is 0 Å². The summed E-state index contributed by atoms with van der Waals surface area (Å²) in [5, 5.41) is 8.81. The van der Waals surface area contributed by atoms with E-state index in [4.69, 9.17) is 10.8 Å². The molecule has 1 aromatic heterocycles. The van der Waals surface area contributed by atoms with E-state index in [1.54, 1.807) is 12.3 Å². The van der Waals surface area contributed by atoms with Gasteiger partial charge in [0.2, 0.25) is 0 Å². The number of carboxylic acids is 1. The predicted molar refractivity (Wildman–Crippen MR) is 48.4 cm³/mol. The molecule has 0 spiro atoms. The Hall–Kier alpha value is -1.42. The number of nitrogens with two attached hydrogens (primary N) is 1. The summed E-state index contributed by atoms with van der Waals surface area (Å²) in [7, 11) is 0. The smallest absolute Gasteiger partial charge is 0.337 e.